The lowest BCUT2D eigenvalue weighted by molar-refractivity contribution is -0.121. The second-order valence-corrected chi connectivity index (χ2v) is 6.36. The molecule has 0 aliphatic carbocycles. The molecule has 1 amide bonds. The van der Waals surface area contributed by atoms with E-state index in [1.807, 2.05) is 62.4 Å². The molecule has 0 spiro atoms. The summed E-state index contributed by atoms with van der Waals surface area (Å²) in [5.74, 6) is -0.0524. The highest BCUT2D eigenvalue weighted by atomic mass is 16.1. The summed E-state index contributed by atoms with van der Waals surface area (Å²) >= 11 is 0. The minimum atomic E-state index is -0.149. The maximum Gasteiger partial charge on any atom is 0.253 e. The molecule has 0 aliphatic heterocycles. The van der Waals surface area contributed by atoms with Crippen LogP contribution in [-0.2, 0) is 17.8 Å². The number of carbonyl (C=O) groups is 1. The summed E-state index contributed by atoms with van der Waals surface area (Å²) in [6, 6.07) is 15.8. The SMILES string of the molecule is Cc1ccc2cc(CNC(=O)CCc3ccccc3)c(=O)[nH]c2c1C. The van der Waals surface area contributed by atoms with Crippen molar-refractivity contribution in [1.29, 1.82) is 0 Å². The predicted octanol–water partition coefficient (Wildman–Crippen LogP) is 3.39. The standard InChI is InChI=1S/C21H22N2O2/c1-14-8-10-17-12-18(21(25)23-20(17)15(14)2)13-22-19(24)11-9-16-6-4-3-5-7-16/h3-8,10,12H,9,11,13H2,1-2H3,(H,22,24)(H,23,25). The van der Waals surface area contributed by atoms with Gasteiger partial charge in [0.05, 0.1) is 5.52 Å². The molecule has 1 aromatic heterocycles. The average Bonchev–Trinajstić information content (AvgIpc) is 2.63. The molecule has 0 atom stereocenters. The molecule has 0 saturated carbocycles. The van der Waals surface area contributed by atoms with Crippen molar-refractivity contribution in [3.63, 3.8) is 0 Å². The zero-order valence-electron chi connectivity index (χ0n) is 14.6. The van der Waals surface area contributed by atoms with E-state index in [1.165, 1.54) is 0 Å². The highest BCUT2D eigenvalue weighted by molar-refractivity contribution is 5.83. The summed E-state index contributed by atoms with van der Waals surface area (Å²) in [4.78, 5) is 27.3. The first-order valence-electron chi connectivity index (χ1n) is 8.47. The number of aromatic nitrogens is 1. The van der Waals surface area contributed by atoms with E-state index >= 15 is 0 Å². The Hall–Kier alpha value is -2.88. The van der Waals surface area contributed by atoms with Gasteiger partial charge in [-0.3, -0.25) is 9.59 Å². The fraction of sp³-hybridized carbons (Fsp3) is 0.238. The number of pyridine rings is 1. The van der Waals surface area contributed by atoms with Crippen LogP contribution in [-0.4, -0.2) is 10.9 Å². The van der Waals surface area contributed by atoms with Crippen molar-refractivity contribution >= 4 is 16.8 Å². The van der Waals surface area contributed by atoms with Gasteiger partial charge in [0.2, 0.25) is 5.91 Å². The van der Waals surface area contributed by atoms with Crippen LogP contribution >= 0.6 is 0 Å². The van der Waals surface area contributed by atoms with E-state index in [0.29, 0.717) is 18.4 Å². The normalized spacial score (nSPS) is 10.8. The number of rotatable bonds is 5. The van der Waals surface area contributed by atoms with Crippen molar-refractivity contribution in [3.8, 4) is 0 Å². The van der Waals surface area contributed by atoms with Crippen LogP contribution in [0.2, 0.25) is 0 Å². The molecule has 0 saturated heterocycles. The molecule has 4 nitrogen and oxygen atoms in total. The fourth-order valence-corrected chi connectivity index (χ4v) is 2.89. The van der Waals surface area contributed by atoms with Crippen molar-refractivity contribution in [2.24, 2.45) is 0 Å². The van der Waals surface area contributed by atoms with E-state index < -0.39 is 0 Å². The number of aromatic amines is 1. The number of benzene rings is 2. The Morgan fingerprint density at radius 3 is 2.60 bits per heavy atom. The largest absolute Gasteiger partial charge is 0.352 e. The number of carbonyl (C=O) groups excluding carboxylic acids is 1. The third kappa shape index (κ3) is 3.97. The molecule has 1 heterocycles. The number of hydrogen-bond acceptors (Lipinski definition) is 2. The summed E-state index contributed by atoms with van der Waals surface area (Å²) in [5.41, 5.74) is 4.64. The lowest BCUT2D eigenvalue weighted by atomic mass is 10.0. The van der Waals surface area contributed by atoms with Crippen molar-refractivity contribution < 1.29 is 4.79 Å². The monoisotopic (exact) mass is 334 g/mol. The zero-order chi connectivity index (χ0) is 17.8. The fourth-order valence-electron chi connectivity index (χ4n) is 2.89. The predicted molar refractivity (Wildman–Crippen MR) is 101 cm³/mol. The highest BCUT2D eigenvalue weighted by Gasteiger charge is 2.08. The Kier molecular flexibility index (Phi) is 4.98. The van der Waals surface area contributed by atoms with Gasteiger partial charge in [-0.15, -0.1) is 0 Å². The smallest absolute Gasteiger partial charge is 0.253 e. The van der Waals surface area contributed by atoms with Crippen LogP contribution in [0.1, 0.15) is 28.7 Å². The Morgan fingerprint density at radius 2 is 1.84 bits per heavy atom. The van der Waals surface area contributed by atoms with Crippen LogP contribution in [0.5, 0.6) is 0 Å². The van der Waals surface area contributed by atoms with Crippen molar-refractivity contribution in [2.45, 2.75) is 33.2 Å². The van der Waals surface area contributed by atoms with Gasteiger partial charge in [-0.1, -0.05) is 42.5 Å². The van der Waals surface area contributed by atoms with Crippen LogP contribution in [0, 0.1) is 13.8 Å². The molecule has 2 aromatic carbocycles. The van der Waals surface area contributed by atoms with Crippen molar-refractivity contribution in [3.05, 3.63) is 81.1 Å². The van der Waals surface area contributed by atoms with Crippen LogP contribution in [0.4, 0.5) is 0 Å². The van der Waals surface area contributed by atoms with E-state index in [4.69, 9.17) is 0 Å². The van der Waals surface area contributed by atoms with E-state index in [1.54, 1.807) is 0 Å². The van der Waals surface area contributed by atoms with E-state index in [9.17, 15) is 9.59 Å². The maximum absolute atomic E-state index is 12.3. The summed E-state index contributed by atoms with van der Waals surface area (Å²) in [6.45, 7) is 4.26. The lowest BCUT2D eigenvalue weighted by Crippen LogP contribution is -2.27. The number of aryl methyl sites for hydroxylation is 3. The van der Waals surface area contributed by atoms with E-state index in [-0.39, 0.29) is 18.0 Å². The Labute approximate surface area is 146 Å². The minimum absolute atomic E-state index is 0.0524. The van der Waals surface area contributed by atoms with Crippen LogP contribution in [0.25, 0.3) is 10.9 Å². The first kappa shape index (κ1) is 17.0. The third-order valence-electron chi connectivity index (χ3n) is 4.59. The minimum Gasteiger partial charge on any atom is -0.352 e. The first-order valence-corrected chi connectivity index (χ1v) is 8.47. The maximum atomic E-state index is 12.3. The second-order valence-electron chi connectivity index (χ2n) is 6.36. The molecule has 2 N–H and O–H groups in total. The summed E-state index contributed by atoms with van der Waals surface area (Å²) in [5, 5.41) is 3.82. The zero-order valence-corrected chi connectivity index (χ0v) is 14.6. The van der Waals surface area contributed by atoms with E-state index in [2.05, 4.69) is 10.3 Å². The number of nitrogens with one attached hydrogen (secondary N) is 2. The summed E-state index contributed by atoms with van der Waals surface area (Å²) < 4.78 is 0. The molecule has 128 valence electrons. The Balaban J connectivity index is 1.67. The van der Waals surface area contributed by atoms with Crippen molar-refractivity contribution in [2.75, 3.05) is 0 Å². The Bertz CT molecular complexity index is 959. The highest BCUT2D eigenvalue weighted by Crippen LogP contribution is 2.18. The first-order chi connectivity index (χ1) is 12.0. The second kappa shape index (κ2) is 7.34. The molecular weight excluding hydrogens is 312 g/mol. The topological polar surface area (TPSA) is 62.0 Å². The van der Waals surface area contributed by atoms with E-state index in [0.717, 1.165) is 27.6 Å². The lowest BCUT2D eigenvalue weighted by Gasteiger charge is -2.09. The molecule has 0 radical (unpaired) electrons. The molecule has 3 aromatic rings. The molecule has 3 rings (SSSR count). The van der Waals surface area contributed by atoms with Gasteiger partial charge in [0.15, 0.2) is 0 Å². The number of H-pyrrole nitrogens is 1. The summed E-state index contributed by atoms with van der Waals surface area (Å²) in [7, 11) is 0. The number of amides is 1. The third-order valence-corrected chi connectivity index (χ3v) is 4.59. The van der Waals surface area contributed by atoms with Gasteiger partial charge >= 0.3 is 0 Å². The molecule has 0 aliphatic rings. The average molecular weight is 334 g/mol. The molecule has 25 heavy (non-hydrogen) atoms. The van der Waals surface area contributed by atoms with Gasteiger partial charge in [0.25, 0.3) is 5.56 Å². The Morgan fingerprint density at radius 1 is 1.08 bits per heavy atom. The van der Waals surface area contributed by atoms with Gasteiger partial charge in [-0.25, -0.2) is 0 Å². The van der Waals surface area contributed by atoms with Crippen LogP contribution in [0.15, 0.2) is 53.3 Å². The molecule has 0 fully saturated rings. The number of fused-ring (bicyclic) bond motifs is 1. The van der Waals surface area contributed by atoms with Gasteiger partial charge in [0.1, 0.15) is 0 Å². The summed E-state index contributed by atoms with van der Waals surface area (Å²) in [6.07, 6.45) is 1.10. The molecular formula is C21H22N2O2. The number of hydrogen-bond donors (Lipinski definition) is 2. The van der Waals surface area contributed by atoms with Crippen LogP contribution in [0.3, 0.4) is 0 Å². The molecule has 0 bridgehead atoms. The van der Waals surface area contributed by atoms with Crippen LogP contribution < -0.4 is 10.9 Å². The van der Waals surface area contributed by atoms with Gasteiger partial charge in [0, 0.05) is 18.5 Å². The quantitative estimate of drug-likeness (QED) is 0.751. The molecule has 4 heteroatoms. The molecule has 0 unspecified atom stereocenters. The van der Waals surface area contributed by atoms with Crippen molar-refractivity contribution in [1.82, 2.24) is 10.3 Å². The van der Waals surface area contributed by atoms with Gasteiger partial charge in [-0.2, -0.15) is 0 Å². The van der Waals surface area contributed by atoms with Gasteiger partial charge < -0.3 is 10.3 Å². The van der Waals surface area contributed by atoms with Gasteiger partial charge in [-0.05, 0) is 48.4 Å².